The van der Waals surface area contributed by atoms with Gasteiger partial charge in [-0.2, -0.15) is 0 Å². The van der Waals surface area contributed by atoms with E-state index in [9.17, 15) is 0 Å². The fourth-order valence-electron chi connectivity index (χ4n) is 2.76. The van der Waals surface area contributed by atoms with Crippen LogP contribution in [0, 0.1) is 0 Å². The van der Waals surface area contributed by atoms with E-state index < -0.39 is 0 Å². The SMILES string of the molecule is CN=C(NCCc1ccc(Cl)nc1)NCc1nnc2n1CCCC2.I. The summed E-state index contributed by atoms with van der Waals surface area (Å²) in [7, 11) is 1.76. The van der Waals surface area contributed by atoms with Crippen molar-refractivity contribution in [3.05, 3.63) is 40.7 Å². The molecule has 0 radical (unpaired) electrons. The number of fused-ring (bicyclic) bond motifs is 1. The van der Waals surface area contributed by atoms with Crippen LogP contribution in [0.2, 0.25) is 5.15 Å². The Balaban J connectivity index is 0.00000225. The van der Waals surface area contributed by atoms with Crippen LogP contribution in [0.5, 0.6) is 0 Å². The maximum Gasteiger partial charge on any atom is 0.191 e. The van der Waals surface area contributed by atoms with Crippen molar-refractivity contribution in [2.24, 2.45) is 4.99 Å². The zero-order valence-corrected chi connectivity index (χ0v) is 17.3. The van der Waals surface area contributed by atoms with Crippen molar-refractivity contribution in [3.63, 3.8) is 0 Å². The van der Waals surface area contributed by atoms with Crippen molar-refractivity contribution in [2.75, 3.05) is 13.6 Å². The lowest BCUT2D eigenvalue weighted by Crippen LogP contribution is -2.38. The highest BCUT2D eigenvalue weighted by Crippen LogP contribution is 2.13. The molecule has 0 saturated carbocycles. The fraction of sp³-hybridized carbons (Fsp3) is 0.500. The highest BCUT2D eigenvalue weighted by molar-refractivity contribution is 14.0. The normalized spacial score (nSPS) is 13.8. The molecule has 0 fully saturated rings. The van der Waals surface area contributed by atoms with Crippen LogP contribution >= 0.6 is 35.6 Å². The maximum atomic E-state index is 5.79. The number of aryl methyl sites for hydroxylation is 1. The second-order valence-electron chi connectivity index (χ2n) is 5.73. The Hall–Kier alpha value is -1.42. The Labute approximate surface area is 169 Å². The van der Waals surface area contributed by atoms with Gasteiger partial charge < -0.3 is 15.2 Å². The third-order valence-electron chi connectivity index (χ3n) is 4.07. The summed E-state index contributed by atoms with van der Waals surface area (Å²) in [6.07, 6.45) is 6.07. The number of rotatable bonds is 5. The van der Waals surface area contributed by atoms with Crippen molar-refractivity contribution in [3.8, 4) is 0 Å². The molecule has 1 aliphatic rings. The van der Waals surface area contributed by atoms with Gasteiger partial charge in [0, 0.05) is 32.8 Å². The van der Waals surface area contributed by atoms with Crippen molar-refractivity contribution in [2.45, 2.75) is 38.8 Å². The van der Waals surface area contributed by atoms with Gasteiger partial charge in [0.25, 0.3) is 0 Å². The minimum atomic E-state index is 0. The number of aromatic nitrogens is 4. The summed E-state index contributed by atoms with van der Waals surface area (Å²) in [6, 6.07) is 3.79. The molecule has 1 aliphatic heterocycles. The average molecular weight is 476 g/mol. The van der Waals surface area contributed by atoms with Gasteiger partial charge in [-0.25, -0.2) is 4.98 Å². The van der Waals surface area contributed by atoms with Crippen LogP contribution in [-0.2, 0) is 25.9 Å². The third-order valence-corrected chi connectivity index (χ3v) is 4.29. The zero-order valence-electron chi connectivity index (χ0n) is 14.2. The predicted octanol–water partition coefficient (Wildman–Crippen LogP) is 2.19. The number of hydrogen-bond donors (Lipinski definition) is 2. The Bertz CT molecular complexity index is 699. The molecule has 0 aromatic carbocycles. The summed E-state index contributed by atoms with van der Waals surface area (Å²) in [5.74, 6) is 2.82. The largest absolute Gasteiger partial charge is 0.356 e. The van der Waals surface area contributed by atoms with Gasteiger partial charge in [-0.3, -0.25) is 4.99 Å². The van der Waals surface area contributed by atoms with E-state index in [1.54, 1.807) is 19.3 Å². The lowest BCUT2D eigenvalue weighted by atomic mass is 10.2. The topological polar surface area (TPSA) is 80.0 Å². The predicted molar refractivity (Wildman–Crippen MR) is 110 cm³/mol. The fourth-order valence-corrected chi connectivity index (χ4v) is 2.87. The molecule has 25 heavy (non-hydrogen) atoms. The van der Waals surface area contributed by atoms with Gasteiger partial charge in [0.05, 0.1) is 6.54 Å². The van der Waals surface area contributed by atoms with Crippen LogP contribution in [-0.4, -0.2) is 39.3 Å². The molecule has 3 heterocycles. The van der Waals surface area contributed by atoms with E-state index in [2.05, 4.69) is 35.4 Å². The molecule has 0 bridgehead atoms. The number of guanidine groups is 1. The summed E-state index contributed by atoms with van der Waals surface area (Å²) >= 11 is 5.79. The molecule has 2 N–H and O–H groups in total. The monoisotopic (exact) mass is 475 g/mol. The van der Waals surface area contributed by atoms with Crippen LogP contribution < -0.4 is 10.6 Å². The highest BCUT2D eigenvalue weighted by atomic mass is 127. The van der Waals surface area contributed by atoms with E-state index in [-0.39, 0.29) is 24.0 Å². The number of pyridine rings is 1. The van der Waals surface area contributed by atoms with E-state index in [1.807, 2.05) is 6.07 Å². The third kappa shape index (κ3) is 5.53. The quantitative estimate of drug-likeness (QED) is 0.300. The number of aliphatic imine (C=N–C) groups is 1. The Morgan fingerprint density at radius 1 is 1.28 bits per heavy atom. The lowest BCUT2D eigenvalue weighted by molar-refractivity contribution is 0.504. The van der Waals surface area contributed by atoms with Gasteiger partial charge in [-0.05, 0) is 30.9 Å². The van der Waals surface area contributed by atoms with Crippen molar-refractivity contribution < 1.29 is 0 Å². The zero-order chi connectivity index (χ0) is 16.8. The van der Waals surface area contributed by atoms with Gasteiger partial charge in [-0.1, -0.05) is 17.7 Å². The lowest BCUT2D eigenvalue weighted by Gasteiger charge is -2.16. The Morgan fingerprint density at radius 3 is 2.92 bits per heavy atom. The van der Waals surface area contributed by atoms with E-state index >= 15 is 0 Å². The first-order chi connectivity index (χ1) is 11.8. The minimum Gasteiger partial charge on any atom is -0.356 e. The standard InChI is InChI=1S/C16H22ClN7.HI/c1-18-16(19-8-7-12-5-6-13(17)20-10-12)21-11-15-23-22-14-4-2-3-9-24(14)15;/h5-6,10H,2-4,7-9,11H2,1H3,(H2,18,19,21);1H. The van der Waals surface area contributed by atoms with Crippen LogP contribution in [0.15, 0.2) is 23.3 Å². The highest BCUT2D eigenvalue weighted by Gasteiger charge is 2.15. The first-order valence-corrected chi connectivity index (χ1v) is 8.60. The molecule has 0 unspecified atom stereocenters. The Kier molecular flexibility index (Phi) is 7.89. The minimum absolute atomic E-state index is 0. The summed E-state index contributed by atoms with van der Waals surface area (Å²) in [4.78, 5) is 8.33. The molecular weight excluding hydrogens is 453 g/mol. The van der Waals surface area contributed by atoms with Gasteiger partial charge in [-0.15, -0.1) is 34.2 Å². The molecule has 7 nitrogen and oxygen atoms in total. The summed E-state index contributed by atoms with van der Waals surface area (Å²) in [6.45, 7) is 2.39. The molecule has 0 aliphatic carbocycles. The summed E-state index contributed by atoms with van der Waals surface area (Å²) < 4.78 is 2.21. The molecule has 0 saturated heterocycles. The average Bonchev–Trinajstić information content (AvgIpc) is 3.03. The molecule has 136 valence electrons. The number of nitrogens with one attached hydrogen (secondary N) is 2. The summed E-state index contributed by atoms with van der Waals surface area (Å²) in [5.41, 5.74) is 1.13. The second kappa shape index (κ2) is 9.91. The van der Waals surface area contributed by atoms with Gasteiger partial charge in [0.2, 0.25) is 0 Å². The van der Waals surface area contributed by atoms with Crippen LogP contribution in [0.4, 0.5) is 0 Å². The van der Waals surface area contributed by atoms with Crippen molar-refractivity contribution in [1.82, 2.24) is 30.4 Å². The van der Waals surface area contributed by atoms with Gasteiger partial charge in [0.1, 0.15) is 11.0 Å². The van der Waals surface area contributed by atoms with Crippen molar-refractivity contribution in [1.29, 1.82) is 0 Å². The molecule has 2 aromatic heterocycles. The number of halogens is 2. The molecule has 2 aromatic rings. The van der Waals surface area contributed by atoms with E-state index in [1.165, 1.54) is 12.8 Å². The molecule has 3 rings (SSSR count). The second-order valence-corrected chi connectivity index (χ2v) is 6.12. The summed E-state index contributed by atoms with van der Waals surface area (Å²) in [5, 5.41) is 15.7. The van der Waals surface area contributed by atoms with Crippen LogP contribution in [0.25, 0.3) is 0 Å². The Morgan fingerprint density at radius 2 is 2.16 bits per heavy atom. The first kappa shape index (κ1) is 19.9. The first-order valence-electron chi connectivity index (χ1n) is 8.22. The van der Waals surface area contributed by atoms with Crippen LogP contribution in [0.3, 0.4) is 0 Å². The van der Waals surface area contributed by atoms with Crippen LogP contribution in [0.1, 0.15) is 30.1 Å². The van der Waals surface area contributed by atoms with Crippen molar-refractivity contribution >= 4 is 41.5 Å². The number of hydrogen-bond acceptors (Lipinski definition) is 4. The smallest absolute Gasteiger partial charge is 0.191 e. The number of nitrogens with zero attached hydrogens (tertiary/aromatic N) is 5. The molecule has 0 spiro atoms. The van der Waals surface area contributed by atoms with Gasteiger partial charge in [0.15, 0.2) is 11.8 Å². The maximum absolute atomic E-state index is 5.79. The van der Waals surface area contributed by atoms with E-state index in [0.717, 1.165) is 49.1 Å². The van der Waals surface area contributed by atoms with E-state index in [0.29, 0.717) is 11.7 Å². The van der Waals surface area contributed by atoms with Gasteiger partial charge >= 0.3 is 0 Å². The molecule has 0 atom stereocenters. The van der Waals surface area contributed by atoms with E-state index in [4.69, 9.17) is 11.6 Å². The molecular formula is C16H23ClIN7. The molecule has 9 heteroatoms. The molecule has 0 amide bonds.